The van der Waals surface area contributed by atoms with E-state index >= 15 is 0 Å². The molecule has 0 bridgehead atoms. The van der Waals surface area contributed by atoms with Crippen LogP contribution in [0.25, 0.3) is 11.0 Å². The van der Waals surface area contributed by atoms with Crippen LogP contribution in [0.3, 0.4) is 0 Å². The number of hydrogen-bond donors (Lipinski definition) is 0. The Morgan fingerprint density at radius 3 is 3.12 bits per heavy atom. The van der Waals surface area contributed by atoms with E-state index in [2.05, 4.69) is 27.0 Å². The number of hydrogen-bond acceptors (Lipinski definition) is 2. The predicted molar refractivity (Wildman–Crippen MR) is 65.3 cm³/mol. The van der Waals surface area contributed by atoms with Crippen LogP contribution in [0.1, 0.15) is 25.3 Å². The zero-order valence-electron chi connectivity index (χ0n) is 9.27. The first kappa shape index (κ1) is 11.5. The van der Waals surface area contributed by atoms with Gasteiger partial charge in [-0.25, -0.2) is 0 Å². The second-order valence-electron chi connectivity index (χ2n) is 3.66. The van der Waals surface area contributed by atoms with E-state index in [-0.39, 0.29) is 0 Å². The SMILES string of the molecule is CCC[CH2][Sn][n]1ccc2c(C#N)ccnc21. The van der Waals surface area contributed by atoms with Crippen LogP contribution in [-0.4, -0.2) is 29.2 Å². The summed E-state index contributed by atoms with van der Waals surface area (Å²) in [6.07, 6.45) is 6.40. The molecule has 3 nitrogen and oxygen atoms in total. The zero-order valence-corrected chi connectivity index (χ0v) is 12.1. The third-order valence-electron chi connectivity index (χ3n) is 2.52. The van der Waals surface area contributed by atoms with Gasteiger partial charge in [0, 0.05) is 0 Å². The third-order valence-corrected chi connectivity index (χ3v) is 6.17. The van der Waals surface area contributed by atoms with Crippen molar-refractivity contribution in [2.75, 3.05) is 0 Å². The topological polar surface area (TPSA) is 41.6 Å². The number of aromatic nitrogens is 2. The first-order valence-electron chi connectivity index (χ1n) is 5.47. The second-order valence-corrected chi connectivity index (χ2v) is 7.36. The molecule has 0 aliphatic rings. The Bertz CT molecular complexity index is 525. The maximum absolute atomic E-state index is 8.99. The van der Waals surface area contributed by atoms with Gasteiger partial charge in [-0.2, -0.15) is 0 Å². The number of rotatable bonds is 4. The van der Waals surface area contributed by atoms with Gasteiger partial charge in [0.2, 0.25) is 0 Å². The molecule has 0 unspecified atom stereocenters. The van der Waals surface area contributed by atoms with E-state index in [4.69, 9.17) is 5.26 Å². The van der Waals surface area contributed by atoms with E-state index in [0.717, 1.165) is 16.6 Å². The summed E-state index contributed by atoms with van der Waals surface area (Å²) in [6.45, 7) is 2.22. The van der Waals surface area contributed by atoms with E-state index in [1.165, 1.54) is 17.3 Å². The average Bonchev–Trinajstić information content (AvgIpc) is 2.73. The van der Waals surface area contributed by atoms with Crippen LogP contribution in [0.4, 0.5) is 0 Å². The van der Waals surface area contributed by atoms with Gasteiger partial charge in [-0.15, -0.1) is 0 Å². The Morgan fingerprint density at radius 2 is 2.38 bits per heavy atom. The van der Waals surface area contributed by atoms with E-state index < -0.39 is 21.4 Å². The van der Waals surface area contributed by atoms with Crippen LogP contribution < -0.4 is 0 Å². The van der Waals surface area contributed by atoms with E-state index in [0.29, 0.717) is 0 Å². The van der Waals surface area contributed by atoms with Gasteiger partial charge in [0.1, 0.15) is 0 Å². The molecule has 0 spiro atoms. The summed E-state index contributed by atoms with van der Waals surface area (Å²) in [4.78, 5) is 4.38. The number of nitriles is 1. The van der Waals surface area contributed by atoms with Crippen molar-refractivity contribution in [1.82, 2.24) is 7.77 Å². The minimum absolute atomic E-state index is 0.565. The maximum atomic E-state index is 8.99. The average molecular weight is 318 g/mol. The van der Waals surface area contributed by atoms with Crippen LogP contribution in [0, 0.1) is 11.3 Å². The second kappa shape index (κ2) is 5.35. The van der Waals surface area contributed by atoms with Gasteiger partial charge in [-0.05, 0) is 0 Å². The van der Waals surface area contributed by atoms with Crippen molar-refractivity contribution in [3.05, 3.63) is 30.1 Å². The molecular weight excluding hydrogens is 305 g/mol. The Labute approximate surface area is 106 Å². The van der Waals surface area contributed by atoms with Gasteiger partial charge in [-0.3, -0.25) is 0 Å². The summed E-state index contributed by atoms with van der Waals surface area (Å²) < 4.78 is 3.64. The van der Waals surface area contributed by atoms with Gasteiger partial charge >= 0.3 is 106 Å². The molecule has 0 fully saturated rings. The van der Waals surface area contributed by atoms with E-state index in [1.807, 2.05) is 6.07 Å². The van der Waals surface area contributed by atoms with Crippen molar-refractivity contribution in [2.45, 2.75) is 24.2 Å². The summed E-state index contributed by atoms with van der Waals surface area (Å²) in [7, 11) is 0. The number of unbranched alkanes of at least 4 members (excludes halogenated alkanes) is 1. The Balaban J connectivity index is 2.31. The minimum atomic E-state index is -0.565. The first-order valence-corrected chi connectivity index (χ1v) is 8.76. The van der Waals surface area contributed by atoms with Gasteiger partial charge in [0.05, 0.1) is 0 Å². The Hall–Kier alpha value is -1.02. The molecule has 2 aromatic rings. The summed E-state index contributed by atoms with van der Waals surface area (Å²) in [5, 5.41) is 9.99. The number of nitrogens with zero attached hydrogens (tertiary/aromatic N) is 3. The third kappa shape index (κ3) is 2.22. The molecule has 0 saturated heterocycles. The zero-order chi connectivity index (χ0) is 11.4. The predicted octanol–water partition coefficient (Wildman–Crippen LogP) is 2.59. The molecule has 0 amide bonds. The van der Waals surface area contributed by atoms with Gasteiger partial charge in [0.25, 0.3) is 0 Å². The van der Waals surface area contributed by atoms with Crippen LogP contribution in [0.15, 0.2) is 24.5 Å². The van der Waals surface area contributed by atoms with Crippen LogP contribution >= 0.6 is 0 Å². The van der Waals surface area contributed by atoms with Crippen LogP contribution in [0.5, 0.6) is 0 Å². The van der Waals surface area contributed by atoms with Crippen molar-refractivity contribution in [2.24, 2.45) is 0 Å². The summed E-state index contributed by atoms with van der Waals surface area (Å²) in [5.74, 6) is 0. The molecular formula is C12H13N3Sn. The number of pyridine rings is 1. The summed E-state index contributed by atoms with van der Waals surface area (Å²) >= 11 is -0.565. The Kier molecular flexibility index (Phi) is 3.83. The Morgan fingerprint density at radius 1 is 1.50 bits per heavy atom. The fourth-order valence-corrected chi connectivity index (χ4v) is 5.24. The van der Waals surface area contributed by atoms with Gasteiger partial charge in [0.15, 0.2) is 0 Å². The monoisotopic (exact) mass is 319 g/mol. The molecule has 2 aromatic heterocycles. The van der Waals surface area contributed by atoms with E-state index in [9.17, 15) is 0 Å². The molecule has 0 N–H and O–H groups in total. The van der Waals surface area contributed by atoms with Crippen molar-refractivity contribution < 1.29 is 0 Å². The van der Waals surface area contributed by atoms with Crippen molar-refractivity contribution in [1.29, 1.82) is 5.26 Å². The first-order chi connectivity index (χ1) is 7.86. The molecule has 0 aromatic carbocycles. The molecule has 0 atom stereocenters. The normalized spacial score (nSPS) is 10.5. The molecule has 80 valence electrons. The van der Waals surface area contributed by atoms with Gasteiger partial charge in [-0.1, -0.05) is 0 Å². The van der Waals surface area contributed by atoms with E-state index in [1.54, 1.807) is 12.3 Å². The molecule has 0 saturated carbocycles. The number of fused-ring (bicyclic) bond motifs is 1. The molecule has 2 rings (SSSR count). The van der Waals surface area contributed by atoms with Gasteiger partial charge < -0.3 is 0 Å². The quantitative estimate of drug-likeness (QED) is 0.642. The molecule has 0 aliphatic carbocycles. The fraction of sp³-hybridized carbons (Fsp3) is 0.333. The van der Waals surface area contributed by atoms with Crippen LogP contribution in [-0.2, 0) is 0 Å². The van der Waals surface area contributed by atoms with Crippen molar-refractivity contribution in [3.8, 4) is 6.07 Å². The van der Waals surface area contributed by atoms with Crippen molar-refractivity contribution in [3.63, 3.8) is 0 Å². The summed E-state index contributed by atoms with van der Waals surface area (Å²) in [6, 6.07) is 6.02. The molecule has 2 heterocycles. The molecule has 4 heteroatoms. The summed E-state index contributed by atoms with van der Waals surface area (Å²) in [5.41, 5.74) is 1.74. The fourth-order valence-electron chi connectivity index (χ4n) is 1.64. The molecule has 0 aliphatic heterocycles. The molecule has 2 radical (unpaired) electrons. The van der Waals surface area contributed by atoms with Crippen LogP contribution in [0.2, 0.25) is 4.44 Å². The van der Waals surface area contributed by atoms with Crippen molar-refractivity contribution >= 4 is 32.4 Å². The molecule has 16 heavy (non-hydrogen) atoms. The standard InChI is InChI=1S/C8H4N3.C4H9.Sn/c9-5-6-1-3-10-8-7(6)2-4-11-8;1-3-4-2;/h1-4H;1,3-4H2,2H3;/q-1;;+1.